The normalized spacial score (nSPS) is 10.8. The Kier molecular flexibility index (Phi) is 8.37. The van der Waals surface area contributed by atoms with Crippen LogP contribution in [-0.2, 0) is 4.79 Å². The molecule has 1 heterocycles. The number of amides is 1. The quantitative estimate of drug-likeness (QED) is 0.519. The highest BCUT2D eigenvalue weighted by Crippen LogP contribution is 2.30. The summed E-state index contributed by atoms with van der Waals surface area (Å²) in [5.74, 6) is 0.109. The molecule has 0 fully saturated rings. The standard InChI is InChI=1S/C21H24FN3O2S.ClH/c1-15-8-4-5-10-17(15)27-14-19(26)25(13-7-12-24(2)3)21-23-20-16(22)9-6-11-18(20)28-21;/h4-6,8-11H,7,12-14H2,1-3H3;1H. The number of carbonyl (C=O) groups is 1. The van der Waals surface area contributed by atoms with E-state index in [2.05, 4.69) is 9.88 Å². The van der Waals surface area contributed by atoms with E-state index in [1.54, 1.807) is 11.0 Å². The van der Waals surface area contributed by atoms with Gasteiger partial charge in [0.05, 0.1) is 4.70 Å². The Morgan fingerprint density at radius 1 is 1.14 bits per heavy atom. The van der Waals surface area contributed by atoms with Gasteiger partial charge in [0.25, 0.3) is 5.91 Å². The highest BCUT2D eigenvalue weighted by Gasteiger charge is 2.21. The Labute approximate surface area is 180 Å². The van der Waals surface area contributed by atoms with Gasteiger partial charge in [0.15, 0.2) is 11.7 Å². The van der Waals surface area contributed by atoms with Gasteiger partial charge in [0, 0.05) is 6.54 Å². The second-order valence-corrected chi connectivity index (χ2v) is 7.85. The third kappa shape index (κ3) is 5.88. The van der Waals surface area contributed by atoms with E-state index in [1.807, 2.05) is 51.4 Å². The summed E-state index contributed by atoms with van der Waals surface area (Å²) in [4.78, 5) is 21.0. The van der Waals surface area contributed by atoms with Crippen LogP contribution in [0.1, 0.15) is 12.0 Å². The Bertz CT molecular complexity index is 964. The third-order valence-electron chi connectivity index (χ3n) is 4.32. The summed E-state index contributed by atoms with van der Waals surface area (Å²) in [6, 6.07) is 12.4. The molecule has 0 aliphatic heterocycles. The fourth-order valence-electron chi connectivity index (χ4n) is 2.83. The van der Waals surface area contributed by atoms with Gasteiger partial charge in [-0.25, -0.2) is 9.37 Å². The van der Waals surface area contributed by atoms with Crippen LogP contribution < -0.4 is 9.64 Å². The molecular formula is C21H25ClFN3O2S. The average Bonchev–Trinajstić information content (AvgIpc) is 3.09. The number of fused-ring (bicyclic) bond motifs is 1. The van der Waals surface area contributed by atoms with E-state index < -0.39 is 0 Å². The van der Waals surface area contributed by atoms with E-state index in [1.165, 1.54) is 17.4 Å². The molecule has 8 heteroatoms. The molecule has 0 saturated carbocycles. The lowest BCUT2D eigenvalue weighted by molar-refractivity contribution is -0.120. The van der Waals surface area contributed by atoms with Gasteiger partial charge in [-0.2, -0.15) is 0 Å². The first-order valence-corrected chi connectivity index (χ1v) is 9.96. The van der Waals surface area contributed by atoms with E-state index in [0.717, 1.165) is 23.2 Å². The summed E-state index contributed by atoms with van der Waals surface area (Å²) in [6.07, 6.45) is 0.779. The molecule has 0 aliphatic rings. The number of aromatic nitrogens is 1. The Morgan fingerprint density at radius 2 is 1.90 bits per heavy atom. The molecule has 3 rings (SSSR count). The average molecular weight is 438 g/mol. The van der Waals surface area contributed by atoms with E-state index in [-0.39, 0.29) is 30.7 Å². The van der Waals surface area contributed by atoms with Crippen LogP contribution in [0.5, 0.6) is 5.75 Å². The Morgan fingerprint density at radius 3 is 2.59 bits per heavy atom. The molecule has 156 valence electrons. The van der Waals surface area contributed by atoms with Crippen molar-refractivity contribution < 1.29 is 13.9 Å². The van der Waals surface area contributed by atoms with Crippen LogP contribution in [0.3, 0.4) is 0 Å². The molecule has 0 saturated heterocycles. The third-order valence-corrected chi connectivity index (χ3v) is 5.37. The summed E-state index contributed by atoms with van der Waals surface area (Å²) in [7, 11) is 3.97. The second-order valence-electron chi connectivity index (χ2n) is 6.84. The molecule has 0 spiro atoms. The van der Waals surface area contributed by atoms with E-state index in [4.69, 9.17) is 4.74 Å². The van der Waals surface area contributed by atoms with Crippen LogP contribution >= 0.6 is 23.7 Å². The molecule has 1 amide bonds. The zero-order chi connectivity index (χ0) is 20.1. The van der Waals surface area contributed by atoms with Gasteiger partial charge >= 0.3 is 0 Å². The number of para-hydroxylation sites is 2. The summed E-state index contributed by atoms with van der Waals surface area (Å²) in [6.45, 7) is 3.17. The smallest absolute Gasteiger partial charge is 0.266 e. The first kappa shape index (κ1) is 23.1. The molecule has 0 aliphatic carbocycles. The minimum atomic E-state index is -0.378. The second kappa shape index (κ2) is 10.5. The van der Waals surface area contributed by atoms with Gasteiger partial charge in [0.1, 0.15) is 17.1 Å². The van der Waals surface area contributed by atoms with Crippen molar-refractivity contribution in [3.63, 3.8) is 0 Å². The van der Waals surface area contributed by atoms with E-state index in [9.17, 15) is 9.18 Å². The van der Waals surface area contributed by atoms with Crippen molar-refractivity contribution in [2.75, 3.05) is 38.7 Å². The molecule has 29 heavy (non-hydrogen) atoms. The Hall–Kier alpha value is -2.22. The maximum atomic E-state index is 14.0. The van der Waals surface area contributed by atoms with Crippen LogP contribution in [0.25, 0.3) is 10.2 Å². The molecule has 5 nitrogen and oxygen atoms in total. The minimum Gasteiger partial charge on any atom is -0.483 e. The van der Waals surface area contributed by atoms with Crippen molar-refractivity contribution in [1.29, 1.82) is 0 Å². The van der Waals surface area contributed by atoms with Crippen molar-refractivity contribution in [3.8, 4) is 5.75 Å². The number of halogens is 2. The van der Waals surface area contributed by atoms with Gasteiger partial charge in [-0.1, -0.05) is 35.6 Å². The highest BCUT2D eigenvalue weighted by atomic mass is 35.5. The SMILES string of the molecule is Cc1ccccc1OCC(=O)N(CCCN(C)C)c1nc2c(F)cccc2s1.Cl. The van der Waals surface area contributed by atoms with Crippen LogP contribution in [-0.4, -0.2) is 49.6 Å². The molecular weight excluding hydrogens is 413 g/mol. The van der Waals surface area contributed by atoms with Crippen LogP contribution in [0.4, 0.5) is 9.52 Å². The molecule has 0 bridgehead atoms. The summed E-state index contributed by atoms with van der Waals surface area (Å²) >= 11 is 1.32. The maximum absolute atomic E-state index is 14.0. The van der Waals surface area contributed by atoms with Gasteiger partial charge in [-0.05, 0) is 57.7 Å². The van der Waals surface area contributed by atoms with Crippen LogP contribution in [0, 0.1) is 12.7 Å². The van der Waals surface area contributed by atoms with Crippen molar-refractivity contribution in [3.05, 3.63) is 53.8 Å². The van der Waals surface area contributed by atoms with Gasteiger partial charge in [0.2, 0.25) is 0 Å². The molecule has 3 aromatic rings. The van der Waals surface area contributed by atoms with Gasteiger partial charge in [-0.15, -0.1) is 12.4 Å². The van der Waals surface area contributed by atoms with Crippen molar-refractivity contribution in [2.24, 2.45) is 0 Å². The zero-order valence-corrected chi connectivity index (χ0v) is 18.4. The predicted molar refractivity (Wildman–Crippen MR) is 119 cm³/mol. The van der Waals surface area contributed by atoms with Crippen LogP contribution in [0.15, 0.2) is 42.5 Å². The van der Waals surface area contributed by atoms with E-state index in [0.29, 0.717) is 22.9 Å². The number of rotatable bonds is 8. The fraction of sp³-hybridized carbons (Fsp3) is 0.333. The molecule has 0 atom stereocenters. The summed E-state index contributed by atoms with van der Waals surface area (Å²) in [5, 5.41) is 0.497. The summed E-state index contributed by atoms with van der Waals surface area (Å²) < 4.78 is 20.5. The predicted octanol–water partition coefficient (Wildman–Crippen LogP) is 4.53. The monoisotopic (exact) mass is 437 g/mol. The number of hydrogen-bond acceptors (Lipinski definition) is 5. The highest BCUT2D eigenvalue weighted by molar-refractivity contribution is 7.22. The number of nitrogens with zero attached hydrogens (tertiary/aromatic N) is 3. The molecule has 0 N–H and O–H groups in total. The lowest BCUT2D eigenvalue weighted by Crippen LogP contribution is -2.37. The zero-order valence-electron chi connectivity index (χ0n) is 16.7. The number of carbonyl (C=O) groups excluding carboxylic acids is 1. The number of anilines is 1. The van der Waals surface area contributed by atoms with Gasteiger partial charge in [-0.3, -0.25) is 9.69 Å². The number of benzene rings is 2. The number of hydrogen-bond donors (Lipinski definition) is 0. The molecule has 1 aromatic heterocycles. The first-order valence-electron chi connectivity index (χ1n) is 9.14. The molecule has 0 unspecified atom stereocenters. The van der Waals surface area contributed by atoms with Crippen molar-refractivity contribution in [1.82, 2.24) is 9.88 Å². The topological polar surface area (TPSA) is 45.7 Å². The molecule has 0 radical (unpaired) electrons. The molecule has 2 aromatic carbocycles. The minimum absolute atomic E-state index is 0. The lowest BCUT2D eigenvalue weighted by Gasteiger charge is -2.21. The van der Waals surface area contributed by atoms with Crippen molar-refractivity contribution >= 4 is 45.0 Å². The van der Waals surface area contributed by atoms with Gasteiger partial charge < -0.3 is 9.64 Å². The van der Waals surface area contributed by atoms with Crippen LogP contribution in [0.2, 0.25) is 0 Å². The number of aryl methyl sites for hydroxylation is 1. The Balaban J connectivity index is 0.00000300. The van der Waals surface area contributed by atoms with Crippen molar-refractivity contribution in [2.45, 2.75) is 13.3 Å². The first-order chi connectivity index (χ1) is 13.5. The lowest BCUT2D eigenvalue weighted by atomic mass is 10.2. The fourth-order valence-corrected chi connectivity index (χ4v) is 3.85. The largest absolute Gasteiger partial charge is 0.483 e. The maximum Gasteiger partial charge on any atom is 0.266 e. The summed E-state index contributed by atoms with van der Waals surface area (Å²) in [5.41, 5.74) is 1.27. The van der Waals surface area contributed by atoms with E-state index >= 15 is 0 Å². The number of ether oxygens (including phenoxy) is 1. The number of thiazole rings is 1.